The Labute approximate surface area is 149 Å². The average molecular weight is 342 g/mol. The van der Waals surface area contributed by atoms with E-state index in [2.05, 4.69) is 22.5 Å². The third kappa shape index (κ3) is 6.55. The van der Waals surface area contributed by atoms with Crippen molar-refractivity contribution in [2.75, 3.05) is 31.5 Å². The zero-order chi connectivity index (χ0) is 18.1. The number of nitrogens with one attached hydrogen (secondary N) is 2. The van der Waals surface area contributed by atoms with Crippen molar-refractivity contribution in [1.29, 1.82) is 5.26 Å². The molecule has 0 spiro atoms. The van der Waals surface area contributed by atoms with Crippen molar-refractivity contribution in [3.8, 4) is 6.07 Å². The summed E-state index contributed by atoms with van der Waals surface area (Å²) in [6.45, 7) is 6.16. The summed E-state index contributed by atoms with van der Waals surface area (Å²) in [5, 5.41) is 14.0. The van der Waals surface area contributed by atoms with Gasteiger partial charge in [-0.3, -0.25) is 9.59 Å². The number of piperidine rings is 1. The van der Waals surface area contributed by atoms with E-state index in [1.807, 2.05) is 6.07 Å². The molecule has 0 aromatic heterocycles. The second kappa shape index (κ2) is 9.80. The van der Waals surface area contributed by atoms with Crippen molar-refractivity contribution in [2.45, 2.75) is 32.6 Å². The molecule has 0 radical (unpaired) electrons. The smallest absolute Gasteiger partial charge is 0.313 e. The van der Waals surface area contributed by atoms with Crippen LogP contribution >= 0.6 is 0 Å². The summed E-state index contributed by atoms with van der Waals surface area (Å²) in [5.74, 6) is -0.578. The van der Waals surface area contributed by atoms with E-state index in [-0.39, 0.29) is 0 Å². The summed E-state index contributed by atoms with van der Waals surface area (Å²) < 4.78 is 0. The summed E-state index contributed by atoms with van der Waals surface area (Å²) in [5.41, 5.74) is 0.878. The molecule has 2 rings (SSSR count). The molecule has 1 aliphatic heterocycles. The van der Waals surface area contributed by atoms with Crippen molar-refractivity contribution in [3.63, 3.8) is 0 Å². The van der Waals surface area contributed by atoms with Crippen LogP contribution in [0, 0.1) is 17.2 Å². The van der Waals surface area contributed by atoms with Gasteiger partial charge in [-0.2, -0.15) is 5.26 Å². The Morgan fingerprint density at radius 2 is 2.16 bits per heavy atom. The molecular weight excluding hydrogens is 316 g/mol. The summed E-state index contributed by atoms with van der Waals surface area (Å²) in [6.07, 6.45) is 4.46. The van der Waals surface area contributed by atoms with Crippen molar-refractivity contribution in [2.24, 2.45) is 5.92 Å². The quantitative estimate of drug-likeness (QED) is 0.612. The van der Waals surface area contributed by atoms with Crippen LogP contribution in [-0.2, 0) is 9.59 Å². The normalized spacial score (nSPS) is 17.5. The maximum absolute atomic E-state index is 11.8. The highest BCUT2D eigenvalue weighted by molar-refractivity contribution is 6.39. The molecule has 0 bridgehead atoms. The molecule has 6 heteroatoms. The lowest BCUT2D eigenvalue weighted by atomic mass is 10.0. The monoisotopic (exact) mass is 342 g/mol. The first-order chi connectivity index (χ1) is 12.1. The number of hydrogen-bond acceptors (Lipinski definition) is 4. The highest BCUT2D eigenvalue weighted by Gasteiger charge is 2.16. The lowest BCUT2D eigenvalue weighted by Crippen LogP contribution is -2.37. The number of rotatable bonds is 6. The number of carbonyl (C=O) groups is 2. The molecule has 1 aromatic carbocycles. The van der Waals surface area contributed by atoms with Crippen LogP contribution in [0.2, 0.25) is 0 Å². The van der Waals surface area contributed by atoms with Gasteiger partial charge in [0.15, 0.2) is 0 Å². The Kier molecular flexibility index (Phi) is 7.42. The summed E-state index contributed by atoms with van der Waals surface area (Å²) in [7, 11) is 0. The fourth-order valence-electron chi connectivity index (χ4n) is 3.09. The van der Waals surface area contributed by atoms with Crippen LogP contribution in [-0.4, -0.2) is 42.9 Å². The van der Waals surface area contributed by atoms with Gasteiger partial charge in [0, 0.05) is 18.8 Å². The summed E-state index contributed by atoms with van der Waals surface area (Å²) in [6, 6.07) is 8.47. The van der Waals surface area contributed by atoms with Gasteiger partial charge in [0.1, 0.15) is 0 Å². The van der Waals surface area contributed by atoms with Crippen LogP contribution in [0.5, 0.6) is 0 Å². The molecule has 1 atom stereocenters. The van der Waals surface area contributed by atoms with Gasteiger partial charge in [0.05, 0.1) is 11.6 Å². The number of benzene rings is 1. The number of nitrogens with zero attached hydrogens (tertiary/aromatic N) is 2. The van der Waals surface area contributed by atoms with Gasteiger partial charge in [-0.25, -0.2) is 0 Å². The molecule has 1 aromatic rings. The fourth-order valence-corrected chi connectivity index (χ4v) is 3.09. The number of likely N-dealkylation sites (tertiary alicyclic amines) is 1. The maximum Gasteiger partial charge on any atom is 0.313 e. The molecule has 25 heavy (non-hydrogen) atoms. The van der Waals surface area contributed by atoms with Crippen LogP contribution in [0.25, 0.3) is 0 Å². The third-order valence-corrected chi connectivity index (χ3v) is 4.38. The Hall–Kier alpha value is -2.39. The second-order valence-corrected chi connectivity index (χ2v) is 6.66. The predicted octanol–water partition coefficient (Wildman–Crippen LogP) is 2.13. The van der Waals surface area contributed by atoms with Gasteiger partial charge in [-0.05, 0) is 62.9 Å². The molecule has 134 valence electrons. The van der Waals surface area contributed by atoms with Gasteiger partial charge in [0.2, 0.25) is 0 Å². The summed E-state index contributed by atoms with van der Waals surface area (Å²) in [4.78, 5) is 26.1. The predicted molar refractivity (Wildman–Crippen MR) is 96.9 cm³/mol. The molecule has 1 heterocycles. The van der Waals surface area contributed by atoms with E-state index in [0.29, 0.717) is 17.8 Å². The minimum Gasteiger partial charge on any atom is -0.348 e. The number of amides is 2. The SMILES string of the molecule is CC1CCCN(CCCCNC(=O)C(=O)Nc2cccc(C#N)c2)C1. The molecule has 1 fully saturated rings. The van der Waals surface area contributed by atoms with Gasteiger partial charge < -0.3 is 15.5 Å². The molecule has 2 N–H and O–H groups in total. The molecule has 2 amide bonds. The molecule has 0 aliphatic carbocycles. The van der Waals surface area contributed by atoms with E-state index in [9.17, 15) is 9.59 Å². The zero-order valence-electron chi connectivity index (χ0n) is 14.8. The first-order valence-corrected chi connectivity index (χ1v) is 8.90. The number of nitriles is 1. The first kappa shape index (κ1) is 18.9. The third-order valence-electron chi connectivity index (χ3n) is 4.38. The Bertz CT molecular complexity index is 639. The minimum absolute atomic E-state index is 0.435. The fraction of sp³-hybridized carbons (Fsp3) is 0.526. The molecule has 1 aliphatic rings. The highest BCUT2D eigenvalue weighted by Crippen LogP contribution is 2.15. The van der Waals surface area contributed by atoms with Crippen molar-refractivity contribution in [1.82, 2.24) is 10.2 Å². The zero-order valence-corrected chi connectivity index (χ0v) is 14.8. The molecular formula is C19H26N4O2. The lowest BCUT2D eigenvalue weighted by molar-refractivity contribution is -0.136. The largest absolute Gasteiger partial charge is 0.348 e. The van der Waals surface area contributed by atoms with Crippen LogP contribution < -0.4 is 10.6 Å². The van der Waals surface area contributed by atoms with E-state index >= 15 is 0 Å². The molecule has 1 saturated heterocycles. The van der Waals surface area contributed by atoms with Gasteiger partial charge in [0.25, 0.3) is 0 Å². The molecule has 0 saturated carbocycles. The second-order valence-electron chi connectivity index (χ2n) is 6.66. The van der Waals surface area contributed by atoms with Crippen LogP contribution in [0.3, 0.4) is 0 Å². The lowest BCUT2D eigenvalue weighted by Gasteiger charge is -2.30. The maximum atomic E-state index is 11.8. The van der Waals surface area contributed by atoms with E-state index in [1.165, 1.54) is 25.5 Å². The van der Waals surface area contributed by atoms with Crippen molar-refractivity contribution in [3.05, 3.63) is 29.8 Å². The highest BCUT2D eigenvalue weighted by atomic mass is 16.2. The Balaban J connectivity index is 1.62. The first-order valence-electron chi connectivity index (χ1n) is 8.90. The number of hydrogen-bond donors (Lipinski definition) is 2. The van der Waals surface area contributed by atoms with Crippen LogP contribution in [0.4, 0.5) is 5.69 Å². The molecule has 6 nitrogen and oxygen atoms in total. The van der Waals surface area contributed by atoms with E-state index < -0.39 is 11.8 Å². The van der Waals surface area contributed by atoms with E-state index in [0.717, 1.165) is 31.8 Å². The average Bonchev–Trinajstić information content (AvgIpc) is 2.61. The number of carbonyl (C=O) groups excluding carboxylic acids is 2. The standard InChI is InChI=1S/C19H26N4O2/c1-15-6-5-11-23(14-15)10-3-2-9-21-18(24)19(25)22-17-8-4-7-16(12-17)13-20/h4,7-8,12,15H,2-3,5-6,9-11,14H2,1H3,(H,21,24)(H,22,25). The van der Waals surface area contributed by atoms with Gasteiger partial charge in [-0.1, -0.05) is 13.0 Å². The Morgan fingerprint density at radius 1 is 1.32 bits per heavy atom. The van der Waals surface area contributed by atoms with Crippen LogP contribution in [0.15, 0.2) is 24.3 Å². The van der Waals surface area contributed by atoms with E-state index in [1.54, 1.807) is 18.2 Å². The molecule has 1 unspecified atom stereocenters. The topological polar surface area (TPSA) is 85.2 Å². The number of anilines is 1. The van der Waals surface area contributed by atoms with Crippen molar-refractivity contribution >= 4 is 17.5 Å². The summed E-state index contributed by atoms with van der Waals surface area (Å²) >= 11 is 0. The van der Waals surface area contributed by atoms with Gasteiger partial charge in [-0.15, -0.1) is 0 Å². The van der Waals surface area contributed by atoms with Crippen molar-refractivity contribution < 1.29 is 9.59 Å². The Morgan fingerprint density at radius 3 is 2.92 bits per heavy atom. The van der Waals surface area contributed by atoms with Crippen LogP contribution in [0.1, 0.15) is 38.2 Å². The van der Waals surface area contributed by atoms with E-state index in [4.69, 9.17) is 5.26 Å². The minimum atomic E-state index is -0.708. The van der Waals surface area contributed by atoms with Gasteiger partial charge >= 0.3 is 11.8 Å². The number of unbranched alkanes of at least 4 members (excludes halogenated alkanes) is 1.